The highest BCUT2D eigenvalue weighted by atomic mass is 32.2. The van der Waals surface area contributed by atoms with E-state index in [4.69, 9.17) is 5.11 Å². The fraction of sp³-hybridized carbons (Fsp3) is 0.385. The Hall–Kier alpha value is -3.19. The molecule has 0 radical (unpaired) electrons. The summed E-state index contributed by atoms with van der Waals surface area (Å²) in [5, 5.41) is 12.0. The number of hydrogen-bond acceptors (Lipinski definition) is 5. The topological polar surface area (TPSA) is 72.9 Å². The van der Waals surface area contributed by atoms with Crippen molar-refractivity contribution in [2.45, 2.75) is 41.0 Å². The van der Waals surface area contributed by atoms with Gasteiger partial charge in [-0.1, -0.05) is 23.9 Å². The average Bonchev–Trinajstić information content (AvgIpc) is 2.82. The van der Waals surface area contributed by atoms with Gasteiger partial charge in [0.05, 0.1) is 17.7 Å². The largest absolute Gasteiger partial charge is 0.478 e. The van der Waals surface area contributed by atoms with Gasteiger partial charge in [0.1, 0.15) is 0 Å². The number of hydrogen-bond donors (Lipinski definition) is 2. The van der Waals surface area contributed by atoms with Crippen LogP contribution in [-0.2, 0) is 21.9 Å². The minimum absolute atomic E-state index is 0.0107. The number of carbonyl (C=O) groups is 2. The van der Waals surface area contributed by atoms with Crippen molar-refractivity contribution in [3.8, 4) is 0 Å². The summed E-state index contributed by atoms with van der Waals surface area (Å²) in [7, 11) is 3.62. The molecule has 0 spiro atoms. The van der Waals surface area contributed by atoms with Crippen LogP contribution in [0.4, 0.5) is 32.0 Å². The molecule has 0 unspecified atom stereocenters. The molecule has 1 amide bonds. The maximum Gasteiger partial charge on any atom is 0.418 e. The lowest BCUT2D eigenvalue weighted by atomic mass is 9.99. The molecule has 0 bridgehead atoms. The van der Waals surface area contributed by atoms with Crippen LogP contribution in [0.5, 0.6) is 0 Å². The minimum atomic E-state index is -5.38. The monoisotopic (exact) mass is 575 g/mol. The molecule has 1 fully saturated rings. The van der Waals surface area contributed by atoms with Crippen molar-refractivity contribution in [3.63, 3.8) is 0 Å². The fourth-order valence-corrected chi connectivity index (χ4v) is 5.27. The van der Waals surface area contributed by atoms with Gasteiger partial charge in [-0.3, -0.25) is 4.79 Å². The van der Waals surface area contributed by atoms with Gasteiger partial charge in [-0.25, -0.2) is 4.79 Å². The van der Waals surface area contributed by atoms with Crippen LogP contribution in [0.2, 0.25) is 0 Å². The zero-order chi connectivity index (χ0) is 29.0. The smallest absolute Gasteiger partial charge is 0.418 e. The van der Waals surface area contributed by atoms with Crippen molar-refractivity contribution >= 4 is 35.4 Å². The Balaban J connectivity index is 1.83. The number of carbonyl (C=O) groups excluding carboxylic acids is 1. The third kappa shape index (κ3) is 8.40. The number of nitrogens with zero attached hydrogens (tertiary/aromatic N) is 2. The highest BCUT2D eigenvalue weighted by Gasteiger charge is 2.46. The second kappa shape index (κ2) is 12.3. The summed E-state index contributed by atoms with van der Waals surface area (Å²) >= 11 is 0.533. The van der Waals surface area contributed by atoms with E-state index in [1.165, 1.54) is 6.07 Å². The molecule has 1 aliphatic heterocycles. The van der Waals surface area contributed by atoms with Gasteiger partial charge in [0.2, 0.25) is 5.91 Å². The first-order valence-corrected chi connectivity index (χ1v) is 12.7. The lowest BCUT2D eigenvalue weighted by Gasteiger charge is -2.33. The minimum Gasteiger partial charge on any atom is -0.478 e. The van der Waals surface area contributed by atoms with Crippen LogP contribution in [0.1, 0.15) is 29.5 Å². The summed E-state index contributed by atoms with van der Waals surface area (Å²) in [6.45, 7) is 1.41. The van der Waals surface area contributed by atoms with E-state index in [-0.39, 0.29) is 16.8 Å². The van der Waals surface area contributed by atoms with Crippen LogP contribution in [0.25, 0.3) is 6.08 Å². The van der Waals surface area contributed by atoms with Gasteiger partial charge >= 0.3 is 18.3 Å². The predicted octanol–water partition coefficient (Wildman–Crippen LogP) is 5.94. The number of carboxylic acids is 1. The molecule has 1 heterocycles. The first kappa shape index (κ1) is 30.4. The molecule has 2 aromatic carbocycles. The predicted molar refractivity (Wildman–Crippen MR) is 135 cm³/mol. The van der Waals surface area contributed by atoms with Crippen molar-refractivity contribution in [1.29, 1.82) is 0 Å². The second-order valence-corrected chi connectivity index (χ2v) is 10.4. The second-order valence-electron chi connectivity index (χ2n) is 9.24. The molecule has 1 aliphatic rings. The number of anilines is 1. The number of amides is 1. The number of rotatable bonds is 8. The van der Waals surface area contributed by atoms with Gasteiger partial charge in [-0.2, -0.15) is 26.3 Å². The molecule has 0 atom stereocenters. The lowest BCUT2D eigenvalue weighted by Crippen LogP contribution is -2.45. The molecule has 0 aromatic heterocycles. The maximum atomic E-state index is 14.0. The molecule has 0 aliphatic carbocycles. The van der Waals surface area contributed by atoms with Crippen LogP contribution >= 0.6 is 11.8 Å². The number of aliphatic carboxylic acids is 1. The van der Waals surface area contributed by atoms with Crippen molar-refractivity contribution in [3.05, 3.63) is 59.2 Å². The normalized spacial score (nSPS) is 15.3. The molecule has 0 saturated carbocycles. The Morgan fingerprint density at radius 1 is 1.05 bits per heavy atom. The van der Waals surface area contributed by atoms with Gasteiger partial charge < -0.3 is 20.2 Å². The highest BCUT2D eigenvalue weighted by molar-refractivity contribution is 7.99. The SMILES string of the molecule is CN(C)CC(=O)N1CCC(Nc2cccc(Sc3ccc(C=CC(=O)O)c(C(F)(F)F)c3C(F)(F)F)c2)CC1. The summed E-state index contributed by atoms with van der Waals surface area (Å²) < 4.78 is 83.4. The Morgan fingerprint density at radius 3 is 2.26 bits per heavy atom. The molecule has 13 heteroatoms. The van der Waals surface area contributed by atoms with Gasteiger partial charge in [-0.05, 0) is 62.8 Å². The first-order valence-electron chi connectivity index (χ1n) is 11.8. The van der Waals surface area contributed by atoms with Crippen LogP contribution < -0.4 is 5.32 Å². The zero-order valence-electron chi connectivity index (χ0n) is 21.1. The van der Waals surface area contributed by atoms with E-state index in [9.17, 15) is 35.9 Å². The van der Waals surface area contributed by atoms with E-state index in [1.54, 1.807) is 28.0 Å². The summed E-state index contributed by atoms with van der Waals surface area (Å²) in [6.07, 6.45) is -8.56. The Kier molecular flexibility index (Phi) is 9.60. The first-order chi connectivity index (χ1) is 18.1. The third-order valence-corrected chi connectivity index (χ3v) is 6.95. The van der Waals surface area contributed by atoms with Gasteiger partial charge in [0, 0.05) is 40.7 Å². The molecule has 1 saturated heterocycles. The van der Waals surface area contributed by atoms with Crippen molar-refractivity contribution in [2.24, 2.45) is 0 Å². The Bertz CT molecular complexity index is 1220. The summed E-state index contributed by atoms with van der Waals surface area (Å²) in [5.41, 5.74) is -4.13. The molecular formula is C26H27F6N3O3S. The number of carboxylic acid groups (broad SMARTS) is 1. The molecule has 3 rings (SSSR count). The van der Waals surface area contributed by atoms with E-state index < -0.39 is 39.9 Å². The van der Waals surface area contributed by atoms with Gasteiger partial charge in [0.25, 0.3) is 0 Å². The molecule has 39 heavy (non-hydrogen) atoms. The number of halogens is 6. The van der Waals surface area contributed by atoms with E-state index >= 15 is 0 Å². The number of piperidine rings is 1. The molecule has 2 aromatic rings. The summed E-state index contributed by atoms with van der Waals surface area (Å²) in [4.78, 5) is 26.2. The Morgan fingerprint density at radius 2 is 1.69 bits per heavy atom. The van der Waals surface area contributed by atoms with E-state index in [0.29, 0.717) is 62.1 Å². The number of benzene rings is 2. The van der Waals surface area contributed by atoms with Crippen molar-refractivity contribution < 1.29 is 41.0 Å². The van der Waals surface area contributed by atoms with Crippen LogP contribution in [0.15, 0.2) is 52.3 Å². The van der Waals surface area contributed by atoms with Crippen molar-refractivity contribution in [2.75, 3.05) is 39.0 Å². The van der Waals surface area contributed by atoms with E-state index in [0.717, 1.165) is 12.1 Å². The number of nitrogens with one attached hydrogen (secondary N) is 1. The molecule has 212 valence electrons. The lowest BCUT2D eigenvalue weighted by molar-refractivity contribution is -0.163. The van der Waals surface area contributed by atoms with E-state index in [2.05, 4.69) is 5.32 Å². The fourth-order valence-electron chi connectivity index (χ4n) is 4.23. The molecule has 2 N–H and O–H groups in total. The summed E-state index contributed by atoms with van der Waals surface area (Å²) in [6, 6.07) is 8.08. The number of likely N-dealkylation sites (tertiary alicyclic amines) is 1. The van der Waals surface area contributed by atoms with Crippen LogP contribution in [-0.4, -0.2) is 66.6 Å². The average molecular weight is 576 g/mol. The summed E-state index contributed by atoms with van der Waals surface area (Å²) in [5.74, 6) is -1.56. The number of alkyl halides is 6. The van der Waals surface area contributed by atoms with Crippen LogP contribution in [0.3, 0.4) is 0 Å². The zero-order valence-corrected chi connectivity index (χ0v) is 21.9. The van der Waals surface area contributed by atoms with Crippen LogP contribution in [0, 0.1) is 0 Å². The van der Waals surface area contributed by atoms with Gasteiger partial charge in [0.15, 0.2) is 0 Å². The molecular weight excluding hydrogens is 548 g/mol. The quantitative estimate of drug-likeness (QED) is 0.300. The molecule has 6 nitrogen and oxygen atoms in total. The van der Waals surface area contributed by atoms with Crippen molar-refractivity contribution in [1.82, 2.24) is 9.80 Å². The number of likely N-dealkylation sites (N-methyl/N-ethyl adjacent to an activating group) is 1. The maximum absolute atomic E-state index is 14.0. The standard InChI is InChI=1S/C26H27F6N3O3S/c1-34(2)15-21(36)35-12-10-17(11-13-35)33-18-4-3-5-19(14-18)39-20-8-6-16(7-9-22(37)38)23(25(27,28)29)24(20)26(30,31)32/h3-9,14,17,33H,10-13,15H2,1-2H3,(H,37,38). The highest BCUT2D eigenvalue weighted by Crippen LogP contribution is 2.48. The van der Waals surface area contributed by atoms with E-state index in [1.807, 2.05) is 14.1 Å². The Labute approximate surface area is 225 Å². The van der Waals surface area contributed by atoms with Gasteiger partial charge in [-0.15, -0.1) is 0 Å². The third-order valence-electron chi connectivity index (χ3n) is 5.90.